The second-order valence-electron chi connectivity index (χ2n) is 6.79. The van der Waals surface area contributed by atoms with Crippen molar-refractivity contribution in [1.82, 2.24) is 19.6 Å². The number of rotatable bonds is 5. The average molecular weight is 426 g/mol. The molecule has 2 aromatic rings. The smallest absolute Gasteiger partial charge is 0.309 e. The third-order valence-electron chi connectivity index (χ3n) is 5.07. The molecule has 0 bridgehead atoms. The minimum absolute atomic E-state index is 0.0823. The van der Waals surface area contributed by atoms with E-state index < -0.39 is 11.0 Å². The van der Waals surface area contributed by atoms with Crippen LogP contribution in [0.2, 0.25) is 10.0 Å². The first-order chi connectivity index (χ1) is 13.3. The molecule has 150 valence electrons. The van der Waals surface area contributed by atoms with Gasteiger partial charge in [-0.3, -0.25) is 24.5 Å². The van der Waals surface area contributed by atoms with Crippen molar-refractivity contribution in [3.8, 4) is 0 Å². The molecule has 1 saturated heterocycles. The predicted octanol–water partition coefficient (Wildman–Crippen LogP) is 3.31. The zero-order valence-corrected chi connectivity index (χ0v) is 17.2. The fourth-order valence-corrected chi connectivity index (χ4v) is 3.90. The number of hydrogen-bond donors (Lipinski definition) is 0. The number of amides is 1. The van der Waals surface area contributed by atoms with Gasteiger partial charge in [0.15, 0.2) is 0 Å². The molecule has 1 aliphatic heterocycles. The third-order valence-corrected chi connectivity index (χ3v) is 5.78. The molecule has 0 radical (unpaired) electrons. The Morgan fingerprint density at radius 2 is 1.86 bits per heavy atom. The molecular formula is C18H21Cl2N5O3. The zero-order valence-electron chi connectivity index (χ0n) is 15.6. The van der Waals surface area contributed by atoms with E-state index in [9.17, 15) is 14.9 Å². The second kappa shape index (κ2) is 8.46. The van der Waals surface area contributed by atoms with Crippen LogP contribution in [0.15, 0.2) is 24.4 Å². The highest BCUT2D eigenvalue weighted by Crippen LogP contribution is 2.26. The highest BCUT2D eigenvalue weighted by atomic mass is 35.5. The molecule has 0 saturated carbocycles. The summed E-state index contributed by atoms with van der Waals surface area (Å²) in [5.41, 5.74) is 1.18. The number of nitro groups is 1. The summed E-state index contributed by atoms with van der Waals surface area (Å²) in [5, 5.41) is 16.3. The lowest BCUT2D eigenvalue weighted by molar-refractivity contribution is -0.385. The van der Waals surface area contributed by atoms with E-state index in [1.165, 1.54) is 10.9 Å². The Labute approximate surface area is 172 Å². The number of piperazine rings is 1. The molecule has 1 amide bonds. The monoisotopic (exact) mass is 425 g/mol. The molecule has 2 heterocycles. The SMILES string of the molecule is Cc1c([N+](=O)[O-])cnn1C(C)C(=O)N1CCN(Cc2c(Cl)cccc2Cl)CC1. The number of carbonyl (C=O) groups is 1. The summed E-state index contributed by atoms with van der Waals surface area (Å²) in [6, 6.07) is 4.85. The van der Waals surface area contributed by atoms with Crippen molar-refractivity contribution in [2.24, 2.45) is 0 Å². The van der Waals surface area contributed by atoms with Crippen LogP contribution in [-0.2, 0) is 11.3 Å². The minimum atomic E-state index is -0.599. The molecule has 0 spiro atoms. The number of carbonyl (C=O) groups excluding carboxylic acids is 1. The largest absolute Gasteiger partial charge is 0.338 e. The van der Waals surface area contributed by atoms with Crippen LogP contribution in [0, 0.1) is 17.0 Å². The Morgan fingerprint density at radius 1 is 1.25 bits per heavy atom. The lowest BCUT2D eigenvalue weighted by Crippen LogP contribution is -2.50. The lowest BCUT2D eigenvalue weighted by atomic mass is 10.2. The summed E-state index contributed by atoms with van der Waals surface area (Å²) in [5.74, 6) is -0.100. The Hall–Kier alpha value is -2.16. The lowest BCUT2D eigenvalue weighted by Gasteiger charge is -2.36. The highest BCUT2D eigenvalue weighted by molar-refractivity contribution is 6.35. The fraction of sp³-hybridized carbons (Fsp3) is 0.444. The van der Waals surface area contributed by atoms with E-state index >= 15 is 0 Å². The molecule has 1 fully saturated rings. The van der Waals surface area contributed by atoms with Crippen LogP contribution >= 0.6 is 23.2 Å². The van der Waals surface area contributed by atoms with Crippen LogP contribution in [0.3, 0.4) is 0 Å². The molecular weight excluding hydrogens is 405 g/mol. The molecule has 3 rings (SSSR count). The Balaban J connectivity index is 1.61. The van der Waals surface area contributed by atoms with Crippen LogP contribution in [-0.4, -0.2) is 56.6 Å². The molecule has 10 heteroatoms. The number of hydrogen-bond acceptors (Lipinski definition) is 5. The van der Waals surface area contributed by atoms with Gasteiger partial charge in [-0.2, -0.15) is 5.10 Å². The first-order valence-electron chi connectivity index (χ1n) is 8.92. The zero-order chi connectivity index (χ0) is 20.4. The van der Waals surface area contributed by atoms with Crippen LogP contribution in [0.1, 0.15) is 24.2 Å². The van der Waals surface area contributed by atoms with Gasteiger partial charge >= 0.3 is 5.69 Å². The van der Waals surface area contributed by atoms with Crippen molar-refractivity contribution < 1.29 is 9.72 Å². The number of nitrogens with zero attached hydrogens (tertiary/aromatic N) is 5. The van der Waals surface area contributed by atoms with Crippen molar-refractivity contribution in [1.29, 1.82) is 0 Å². The van der Waals surface area contributed by atoms with Gasteiger partial charge in [0.25, 0.3) is 0 Å². The highest BCUT2D eigenvalue weighted by Gasteiger charge is 2.29. The second-order valence-corrected chi connectivity index (χ2v) is 7.61. The molecule has 1 aromatic carbocycles. The van der Waals surface area contributed by atoms with Gasteiger partial charge < -0.3 is 4.90 Å². The maximum atomic E-state index is 12.8. The van der Waals surface area contributed by atoms with E-state index in [0.717, 1.165) is 5.56 Å². The van der Waals surface area contributed by atoms with E-state index in [2.05, 4.69) is 10.00 Å². The number of aromatic nitrogens is 2. The summed E-state index contributed by atoms with van der Waals surface area (Å²) in [6.45, 7) is 6.44. The standard InChI is InChI=1S/C18H21Cl2N5O3/c1-12-17(25(27)28)10-21-24(12)13(2)18(26)23-8-6-22(7-9-23)11-14-15(19)4-3-5-16(14)20/h3-5,10,13H,6-9,11H2,1-2H3. The van der Waals surface area contributed by atoms with Gasteiger partial charge in [0.1, 0.15) is 17.9 Å². The summed E-state index contributed by atoms with van der Waals surface area (Å²) in [7, 11) is 0. The molecule has 1 aliphatic rings. The van der Waals surface area contributed by atoms with Crippen molar-refractivity contribution in [2.45, 2.75) is 26.4 Å². The van der Waals surface area contributed by atoms with Crippen molar-refractivity contribution in [3.63, 3.8) is 0 Å². The van der Waals surface area contributed by atoms with Gasteiger partial charge in [0.05, 0.1) is 4.92 Å². The minimum Gasteiger partial charge on any atom is -0.338 e. The van der Waals surface area contributed by atoms with Crippen LogP contribution < -0.4 is 0 Å². The van der Waals surface area contributed by atoms with Gasteiger partial charge in [0.2, 0.25) is 5.91 Å². The number of halogens is 2. The first-order valence-corrected chi connectivity index (χ1v) is 9.67. The molecule has 1 atom stereocenters. The third kappa shape index (κ3) is 4.14. The van der Waals surface area contributed by atoms with Gasteiger partial charge in [-0.25, -0.2) is 0 Å². The van der Waals surface area contributed by atoms with E-state index in [1.807, 2.05) is 18.2 Å². The molecule has 1 aromatic heterocycles. The van der Waals surface area contributed by atoms with Gasteiger partial charge in [-0.05, 0) is 26.0 Å². The average Bonchev–Trinajstić information content (AvgIpc) is 3.06. The van der Waals surface area contributed by atoms with Gasteiger partial charge in [-0.1, -0.05) is 29.3 Å². The van der Waals surface area contributed by atoms with Crippen LogP contribution in [0.4, 0.5) is 5.69 Å². The quantitative estimate of drug-likeness (QED) is 0.541. The van der Waals surface area contributed by atoms with Crippen molar-refractivity contribution in [3.05, 3.63) is 55.8 Å². The molecule has 8 nitrogen and oxygen atoms in total. The summed E-state index contributed by atoms with van der Waals surface area (Å²) >= 11 is 12.5. The first kappa shape index (κ1) is 20.6. The molecule has 28 heavy (non-hydrogen) atoms. The van der Waals surface area contributed by atoms with Crippen LogP contribution in [0.25, 0.3) is 0 Å². The number of benzene rings is 1. The molecule has 1 unspecified atom stereocenters. The molecule has 0 N–H and O–H groups in total. The summed E-state index contributed by atoms with van der Waals surface area (Å²) in [4.78, 5) is 27.3. The summed E-state index contributed by atoms with van der Waals surface area (Å²) in [6.07, 6.45) is 1.18. The van der Waals surface area contributed by atoms with Gasteiger partial charge in [-0.15, -0.1) is 0 Å². The normalized spacial score (nSPS) is 16.2. The van der Waals surface area contributed by atoms with Gasteiger partial charge in [0, 0.05) is 48.3 Å². The predicted molar refractivity (Wildman–Crippen MR) is 107 cm³/mol. The summed E-state index contributed by atoms with van der Waals surface area (Å²) < 4.78 is 1.41. The maximum Gasteiger partial charge on any atom is 0.309 e. The Bertz CT molecular complexity index is 873. The topological polar surface area (TPSA) is 84.5 Å². The van der Waals surface area contributed by atoms with E-state index in [-0.39, 0.29) is 11.6 Å². The van der Waals surface area contributed by atoms with E-state index in [0.29, 0.717) is 48.5 Å². The Kier molecular flexibility index (Phi) is 6.22. The van der Waals surface area contributed by atoms with E-state index in [4.69, 9.17) is 23.2 Å². The van der Waals surface area contributed by atoms with Crippen molar-refractivity contribution in [2.75, 3.05) is 26.2 Å². The maximum absolute atomic E-state index is 12.8. The Morgan fingerprint density at radius 3 is 2.39 bits per heavy atom. The van der Waals surface area contributed by atoms with Crippen LogP contribution in [0.5, 0.6) is 0 Å². The van der Waals surface area contributed by atoms with Crippen molar-refractivity contribution >= 4 is 34.8 Å². The fourth-order valence-electron chi connectivity index (χ4n) is 3.39. The van der Waals surface area contributed by atoms with E-state index in [1.54, 1.807) is 18.7 Å². The molecule has 0 aliphatic carbocycles.